The van der Waals surface area contributed by atoms with E-state index in [-0.39, 0.29) is 0 Å². The molecule has 1 aromatic rings. The van der Waals surface area contributed by atoms with E-state index in [1.165, 1.54) is 55.8 Å². The number of aryl methyl sites for hydroxylation is 2. The summed E-state index contributed by atoms with van der Waals surface area (Å²) in [6.45, 7) is 3.54. The molecule has 2 fully saturated rings. The summed E-state index contributed by atoms with van der Waals surface area (Å²) in [4.78, 5) is 7.42. The highest BCUT2D eigenvalue weighted by molar-refractivity contribution is 5.46. The fraction of sp³-hybridized carbons (Fsp3) is 0.643. The monoisotopic (exact) mass is 229 g/mol. The maximum atomic E-state index is 4.89. The Balaban J connectivity index is 1.66. The first-order valence-corrected chi connectivity index (χ1v) is 6.88. The van der Waals surface area contributed by atoms with Crippen LogP contribution in [0.5, 0.6) is 0 Å². The summed E-state index contributed by atoms with van der Waals surface area (Å²) >= 11 is 0. The summed E-state index contributed by atoms with van der Waals surface area (Å²) in [6, 6.07) is 5.24. The number of aromatic nitrogens is 1. The van der Waals surface area contributed by atoms with Crippen LogP contribution in [0.25, 0.3) is 0 Å². The van der Waals surface area contributed by atoms with Gasteiger partial charge in [0.25, 0.3) is 0 Å². The van der Waals surface area contributed by atoms with Gasteiger partial charge in [-0.25, -0.2) is 4.98 Å². The van der Waals surface area contributed by atoms with Gasteiger partial charge in [0.1, 0.15) is 5.82 Å². The van der Waals surface area contributed by atoms with Gasteiger partial charge < -0.3 is 10.2 Å². The molecule has 1 aliphatic carbocycles. The minimum atomic E-state index is 0.696. The fourth-order valence-corrected chi connectivity index (χ4v) is 3.70. The van der Waals surface area contributed by atoms with Crippen molar-refractivity contribution < 1.29 is 0 Å². The molecule has 1 N–H and O–H groups in total. The van der Waals surface area contributed by atoms with Gasteiger partial charge >= 0.3 is 0 Å². The SMILES string of the molecule is c1cc2c(nc1N1CC[C@H]3CNC[C@H]31)CCC2. The molecular formula is C14H19N3. The number of hydrogen-bond donors (Lipinski definition) is 1. The molecular weight excluding hydrogens is 210 g/mol. The lowest BCUT2D eigenvalue weighted by Gasteiger charge is -2.25. The van der Waals surface area contributed by atoms with Gasteiger partial charge in [0.05, 0.1) is 0 Å². The van der Waals surface area contributed by atoms with E-state index in [0.717, 1.165) is 12.5 Å². The zero-order valence-electron chi connectivity index (χ0n) is 10.2. The molecule has 2 atom stereocenters. The van der Waals surface area contributed by atoms with Gasteiger partial charge in [-0.15, -0.1) is 0 Å². The van der Waals surface area contributed by atoms with Crippen LogP contribution in [0.2, 0.25) is 0 Å². The second kappa shape index (κ2) is 3.70. The lowest BCUT2D eigenvalue weighted by atomic mass is 10.1. The van der Waals surface area contributed by atoms with E-state index in [2.05, 4.69) is 22.3 Å². The van der Waals surface area contributed by atoms with Crippen LogP contribution in [0.1, 0.15) is 24.1 Å². The number of nitrogens with zero attached hydrogens (tertiary/aromatic N) is 2. The molecule has 3 aliphatic rings. The van der Waals surface area contributed by atoms with Gasteiger partial charge in [0, 0.05) is 31.4 Å². The molecule has 0 bridgehead atoms. The van der Waals surface area contributed by atoms with Crippen molar-refractivity contribution in [1.82, 2.24) is 10.3 Å². The third-order valence-electron chi connectivity index (χ3n) is 4.65. The van der Waals surface area contributed by atoms with Crippen LogP contribution in [-0.4, -0.2) is 30.7 Å². The third-order valence-corrected chi connectivity index (χ3v) is 4.65. The minimum absolute atomic E-state index is 0.696. The number of pyridine rings is 1. The highest BCUT2D eigenvalue weighted by atomic mass is 15.3. The third kappa shape index (κ3) is 1.48. The largest absolute Gasteiger partial charge is 0.352 e. The Bertz CT molecular complexity index is 443. The number of fused-ring (bicyclic) bond motifs is 2. The predicted octanol–water partition coefficient (Wildman–Crippen LogP) is 1.37. The summed E-state index contributed by atoms with van der Waals surface area (Å²) in [6.07, 6.45) is 5.04. The number of rotatable bonds is 1. The Kier molecular flexibility index (Phi) is 2.15. The van der Waals surface area contributed by atoms with Crippen LogP contribution in [0, 0.1) is 5.92 Å². The summed E-state index contributed by atoms with van der Waals surface area (Å²) in [7, 11) is 0. The molecule has 90 valence electrons. The average Bonchev–Trinajstić information content (AvgIpc) is 3.03. The average molecular weight is 229 g/mol. The molecule has 0 amide bonds. The second-order valence-electron chi connectivity index (χ2n) is 5.60. The van der Waals surface area contributed by atoms with E-state index in [9.17, 15) is 0 Å². The van der Waals surface area contributed by atoms with Gasteiger partial charge in [0.2, 0.25) is 0 Å². The Morgan fingerprint density at radius 1 is 1.24 bits per heavy atom. The molecule has 1 aromatic heterocycles. The van der Waals surface area contributed by atoms with Crippen LogP contribution >= 0.6 is 0 Å². The van der Waals surface area contributed by atoms with E-state index in [0.29, 0.717) is 6.04 Å². The molecule has 3 heterocycles. The first kappa shape index (κ1) is 9.89. The smallest absolute Gasteiger partial charge is 0.129 e. The lowest BCUT2D eigenvalue weighted by Crippen LogP contribution is -2.34. The molecule has 4 rings (SSSR count). The molecule has 0 saturated carbocycles. The van der Waals surface area contributed by atoms with Crippen molar-refractivity contribution in [2.45, 2.75) is 31.7 Å². The molecule has 0 radical (unpaired) electrons. The molecule has 2 aliphatic heterocycles. The standard InChI is InChI=1S/C14H19N3/c1-2-10-4-5-14(16-12(10)3-1)17-7-6-11-8-15-9-13(11)17/h4-5,11,13,15H,1-3,6-9H2/t11-,13+/m0/s1. The highest BCUT2D eigenvalue weighted by Gasteiger charge is 2.38. The predicted molar refractivity (Wildman–Crippen MR) is 68.4 cm³/mol. The van der Waals surface area contributed by atoms with Crippen molar-refractivity contribution in [3.63, 3.8) is 0 Å². The zero-order valence-corrected chi connectivity index (χ0v) is 10.2. The van der Waals surface area contributed by atoms with Crippen molar-refractivity contribution >= 4 is 5.82 Å². The first-order chi connectivity index (χ1) is 8.42. The van der Waals surface area contributed by atoms with Crippen molar-refractivity contribution in [1.29, 1.82) is 0 Å². The normalized spacial score (nSPS) is 30.7. The topological polar surface area (TPSA) is 28.2 Å². The Morgan fingerprint density at radius 3 is 3.24 bits per heavy atom. The zero-order chi connectivity index (χ0) is 11.2. The second-order valence-corrected chi connectivity index (χ2v) is 5.60. The highest BCUT2D eigenvalue weighted by Crippen LogP contribution is 2.32. The Hall–Kier alpha value is -1.09. The van der Waals surface area contributed by atoms with Crippen molar-refractivity contribution in [3.05, 3.63) is 23.4 Å². The Labute approximate surface area is 102 Å². The van der Waals surface area contributed by atoms with E-state index >= 15 is 0 Å². The van der Waals surface area contributed by atoms with Crippen LogP contribution < -0.4 is 10.2 Å². The summed E-state index contributed by atoms with van der Waals surface area (Å²) in [5.74, 6) is 2.08. The van der Waals surface area contributed by atoms with E-state index < -0.39 is 0 Å². The van der Waals surface area contributed by atoms with Crippen molar-refractivity contribution in [2.75, 3.05) is 24.5 Å². The quantitative estimate of drug-likeness (QED) is 0.788. The molecule has 17 heavy (non-hydrogen) atoms. The summed E-state index contributed by atoms with van der Waals surface area (Å²) < 4.78 is 0. The first-order valence-electron chi connectivity index (χ1n) is 6.88. The van der Waals surface area contributed by atoms with Gasteiger partial charge in [0.15, 0.2) is 0 Å². The van der Waals surface area contributed by atoms with Crippen molar-refractivity contribution in [2.24, 2.45) is 5.92 Å². The molecule has 3 nitrogen and oxygen atoms in total. The van der Waals surface area contributed by atoms with Crippen molar-refractivity contribution in [3.8, 4) is 0 Å². The van der Waals surface area contributed by atoms with Crippen LogP contribution in [0.4, 0.5) is 5.82 Å². The molecule has 0 unspecified atom stereocenters. The van der Waals surface area contributed by atoms with Crippen LogP contribution in [0.3, 0.4) is 0 Å². The maximum Gasteiger partial charge on any atom is 0.129 e. The molecule has 2 saturated heterocycles. The molecule has 0 aromatic carbocycles. The summed E-state index contributed by atoms with van der Waals surface area (Å²) in [5, 5.41) is 3.51. The van der Waals surface area contributed by atoms with E-state index in [1.807, 2.05) is 0 Å². The van der Waals surface area contributed by atoms with Gasteiger partial charge in [-0.3, -0.25) is 0 Å². The van der Waals surface area contributed by atoms with E-state index in [4.69, 9.17) is 4.98 Å². The lowest BCUT2D eigenvalue weighted by molar-refractivity contribution is 0.577. The van der Waals surface area contributed by atoms with Crippen LogP contribution in [0.15, 0.2) is 12.1 Å². The van der Waals surface area contributed by atoms with Crippen LogP contribution in [-0.2, 0) is 12.8 Å². The fourth-order valence-electron chi connectivity index (χ4n) is 3.70. The number of hydrogen-bond acceptors (Lipinski definition) is 3. The molecule has 0 spiro atoms. The number of anilines is 1. The maximum absolute atomic E-state index is 4.89. The minimum Gasteiger partial charge on any atom is -0.352 e. The van der Waals surface area contributed by atoms with Gasteiger partial charge in [-0.05, 0) is 43.2 Å². The summed E-state index contributed by atoms with van der Waals surface area (Å²) in [5.41, 5.74) is 2.84. The molecule has 3 heteroatoms. The van der Waals surface area contributed by atoms with E-state index in [1.54, 1.807) is 0 Å². The Morgan fingerprint density at radius 2 is 2.24 bits per heavy atom. The van der Waals surface area contributed by atoms with Gasteiger partial charge in [-0.1, -0.05) is 6.07 Å². The van der Waals surface area contributed by atoms with Gasteiger partial charge in [-0.2, -0.15) is 0 Å². The number of nitrogens with one attached hydrogen (secondary N) is 1.